The average molecular weight is 195 g/mol. The molecule has 0 saturated heterocycles. The van der Waals surface area contributed by atoms with Crippen LogP contribution in [0, 0.1) is 0 Å². The highest BCUT2D eigenvalue weighted by molar-refractivity contribution is 6.35. The fourth-order valence-electron chi connectivity index (χ4n) is 0.773. The van der Waals surface area contributed by atoms with Crippen LogP contribution < -0.4 is 10.1 Å². The van der Waals surface area contributed by atoms with Crippen molar-refractivity contribution in [2.45, 2.75) is 6.92 Å². The van der Waals surface area contributed by atoms with Crippen LogP contribution in [0.4, 0.5) is 0 Å². The molecule has 0 spiro atoms. The molecular weight excluding hydrogens is 185 g/mol. The number of benzene rings is 1. The van der Waals surface area contributed by atoms with Crippen molar-refractivity contribution in [3.8, 4) is 5.75 Å². The van der Waals surface area contributed by atoms with E-state index in [0.717, 1.165) is 0 Å². The second-order valence-corrected chi connectivity index (χ2v) is 2.51. The molecule has 0 radical (unpaired) electrons. The molecule has 0 aliphatic rings. The standard InChI is InChI=1S/C8H10BNO4/c1-7(11)10-14-9(12)13-8-5-3-2-4-6-8/h2-6,12H,1H3,(H,10,11). The van der Waals surface area contributed by atoms with Crippen molar-refractivity contribution < 1.29 is 19.2 Å². The maximum absolute atomic E-state index is 10.4. The van der Waals surface area contributed by atoms with Gasteiger partial charge in [0.1, 0.15) is 5.75 Å². The van der Waals surface area contributed by atoms with E-state index in [2.05, 4.69) is 4.76 Å². The molecule has 1 amide bonds. The predicted octanol–water partition coefficient (Wildman–Crippen LogP) is 0.110. The van der Waals surface area contributed by atoms with Gasteiger partial charge in [0.15, 0.2) is 0 Å². The van der Waals surface area contributed by atoms with Gasteiger partial charge in [0.25, 0.3) is 0 Å². The van der Waals surface area contributed by atoms with E-state index in [-0.39, 0.29) is 0 Å². The van der Waals surface area contributed by atoms with E-state index in [0.29, 0.717) is 5.75 Å². The van der Waals surface area contributed by atoms with Gasteiger partial charge in [0.05, 0.1) is 0 Å². The average Bonchev–Trinajstić information content (AvgIpc) is 2.16. The molecule has 0 aliphatic heterocycles. The molecule has 1 aromatic carbocycles. The van der Waals surface area contributed by atoms with E-state index in [9.17, 15) is 4.79 Å². The van der Waals surface area contributed by atoms with Gasteiger partial charge in [-0.1, -0.05) is 18.2 Å². The third kappa shape index (κ3) is 3.93. The molecule has 0 heterocycles. The predicted molar refractivity (Wildman–Crippen MR) is 49.9 cm³/mol. The topological polar surface area (TPSA) is 67.8 Å². The first-order chi connectivity index (χ1) is 6.68. The molecule has 1 rings (SSSR count). The normalized spacial score (nSPS) is 9.29. The van der Waals surface area contributed by atoms with Crippen molar-refractivity contribution in [2.24, 2.45) is 0 Å². The summed E-state index contributed by atoms with van der Waals surface area (Å²) >= 11 is 0. The third-order valence-corrected chi connectivity index (χ3v) is 1.28. The van der Waals surface area contributed by atoms with Gasteiger partial charge in [-0.05, 0) is 12.1 Å². The van der Waals surface area contributed by atoms with E-state index >= 15 is 0 Å². The molecule has 0 atom stereocenters. The zero-order valence-corrected chi connectivity index (χ0v) is 7.64. The largest absolute Gasteiger partial charge is 0.733 e. The van der Waals surface area contributed by atoms with Gasteiger partial charge in [0.2, 0.25) is 5.91 Å². The number of carbonyl (C=O) groups is 1. The lowest BCUT2D eigenvalue weighted by Gasteiger charge is -2.08. The molecule has 74 valence electrons. The van der Waals surface area contributed by atoms with Crippen molar-refractivity contribution in [1.29, 1.82) is 0 Å². The van der Waals surface area contributed by atoms with E-state index < -0.39 is 13.2 Å². The van der Waals surface area contributed by atoms with Gasteiger partial charge < -0.3 is 9.68 Å². The van der Waals surface area contributed by atoms with Gasteiger partial charge in [-0.2, -0.15) is 0 Å². The molecule has 5 nitrogen and oxygen atoms in total. The lowest BCUT2D eigenvalue weighted by molar-refractivity contribution is -0.126. The van der Waals surface area contributed by atoms with E-state index in [1.54, 1.807) is 24.3 Å². The lowest BCUT2D eigenvalue weighted by Crippen LogP contribution is -2.35. The smallest absolute Gasteiger partial charge is 0.511 e. The van der Waals surface area contributed by atoms with Crippen LogP contribution in [0.25, 0.3) is 0 Å². The van der Waals surface area contributed by atoms with Crippen LogP contribution in [0.15, 0.2) is 30.3 Å². The molecule has 0 saturated carbocycles. The fourth-order valence-corrected chi connectivity index (χ4v) is 0.773. The van der Waals surface area contributed by atoms with Crippen LogP contribution in [0.5, 0.6) is 5.75 Å². The minimum atomic E-state index is -1.51. The second kappa shape index (κ2) is 5.26. The van der Waals surface area contributed by atoms with Crippen LogP contribution in [-0.2, 0) is 9.55 Å². The molecule has 0 aromatic heterocycles. The van der Waals surface area contributed by atoms with Crippen molar-refractivity contribution in [3.05, 3.63) is 30.3 Å². The first-order valence-corrected chi connectivity index (χ1v) is 4.00. The van der Waals surface area contributed by atoms with E-state index in [4.69, 9.17) is 9.68 Å². The summed E-state index contributed by atoms with van der Waals surface area (Å²) in [4.78, 5) is 10.4. The minimum Gasteiger partial charge on any atom is -0.511 e. The number of hydrogen-bond acceptors (Lipinski definition) is 4. The highest BCUT2D eigenvalue weighted by atomic mass is 16.8. The zero-order valence-electron chi connectivity index (χ0n) is 7.64. The molecule has 0 aliphatic carbocycles. The van der Waals surface area contributed by atoms with Gasteiger partial charge in [-0.15, -0.1) is 0 Å². The Morgan fingerprint density at radius 2 is 2.07 bits per heavy atom. The quantitative estimate of drug-likeness (QED) is 0.528. The summed E-state index contributed by atoms with van der Waals surface area (Å²) < 4.78 is 9.32. The SMILES string of the molecule is CC(=O)NOB(O)Oc1ccccc1. The number of hydrogen-bond donors (Lipinski definition) is 2. The molecule has 14 heavy (non-hydrogen) atoms. The molecule has 6 heteroatoms. The maximum Gasteiger partial charge on any atom is 0.733 e. The highest BCUT2D eigenvalue weighted by Crippen LogP contribution is 2.08. The summed E-state index contributed by atoms with van der Waals surface area (Å²) in [6, 6.07) is 8.62. The first kappa shape index (κ1) is 10.6. The van der Waals surface area contributed by atoms with Crippen LogP contribution in [0.1, 0.15) is 6.92 Å². The third-order valence-electron chi connectivity index (χ3n) is 1.28. The van der Waals surface area contributed by atoms with Gasteiger partial charge >= 0.3 is 7.32 Å². The van der Waals surface area contributed by atoms with Crippen LogP contribution in [0.3, 0.4) is 0 Å². The lowest BCUT2D eigenvalue weighted by atomic mass is 10.2. The van der Waals surface area contributed by atoms with Crippen molar-refractivity contribution in [2.75, 3.05) is 0 Å². The number of hydroxylamine groups is 1. The molecule has 1 aromatic rings. The Balaban J connectivity index is 2.34. The Labute approximate surface area is 81.8 Å². The Morgan fingerprint density at radius 1 is 1.43 bits per heavy atom. The van der Waals surface area contributed by atoms with Crippen LogP contribution in [0.2, 0.25) is 0 Å². The highest BCUT2D eigenvalue weighted by Gasteiger charge is 2.19. The molecule has 0 fully saturated rings. The summed E-state index contributed by atoms with van der Waals surface area (Å²) in [5, 5.41) is 9.09. The molecule has 0 bridgehead atoms. The first-order valence-electron chi connectivity index (χ1n) is 4.00. The summed E-state index contributed by atoms with van der Waals surface area (Å²) in [6.45, 7) is 1.26. The molecular formula is C8H10BNO4. The summed E-state index contributed by atoms with van der Waals surface area (Å²) in [5.74, 6) is 0.0334. The van der Waals surface area contributed by atoms with Crippen molar-refractivity contribution >= 4 is 13.2 Å². The summed E-state index contributed by atoms with van der Waals surface area (Å²) in [7, 11) is -1.51. The second-order valence-electron chi connectivity index (χ2n) is 2.51. The van der Waals surface area contributed by atoms with Gasteiger partial charge in [-0.25, -0.2) is 5.48 Å². The molecule has 2 N–H and O–H groups in total. The Kier molecular flexibility index (Phi) is 3.96. The number of rotatable bonds is 4. The number of carbonyl (C=O) groups excluding carboxylic acids is 1. The number of para-hydroxylation sites is 1. The Hall–Kier alpha value is -1.53. The fraction of sp³-hybridized carbons (Fsp3) is 0.125. The van der Waals surface area contributed by atoms with Gasteiger partial charge in [-0.3, -0.25) is 9.55 Å². The Bertz CT molecular complexity index is 293. The summed E-state index contributed by atoms with van der Waals surface area (Å²) in [5.41, 5.74) is 1.95. The van der Waals surface area contributed by atoms with Crippen LogP contribution in [-0.4, -0.2) is 18.3 Å². The van der Waals surface area contributed by atoms with Gasteiger partial charge in [0, 0.05) is 6.92 Å². The minimum absolute atomic E-state index is 0.416. The van der Waals surface area contributed by atoms with Crippen molar-refractivity contribution in [3.63, 3.8) is 0 Å². The maximum atomic E-state index is 10.4. The van der Waals surface area contributed by atoms with E-state index in [1.807, 2.05) is 11.5 Å². The summed E-state index contributed by atoms with van der Waals surface area (Å²) in [6.07, 6.45) is 0. The van der Waals surface area contributed by atoms with Crippen molar-refractivity contribution in [1.82, 2.24) is 5.48 Å². The Morgan fingerprint density at radius 3 is 2.64 bits per heavy atom. The zero-order chi connectivity index (χ0) is 10.4. The molecule has 0 unspecified atom stereocenters. The van der Waals surface area contributed by atoms with E-state index in [1.165, 1.54) is 6.92 Å². The number of nitrogens with one attached hydrogen (secondary N) is 1. The van der Waals surface area contributed by atoms with Crippen LogP contribution >= 0.6 is 0 Å². The monoisotopic (exact) mass is 195 g/mol. The number of amides is 1.